The fourth-order valence-electron chi connectivity index (χ4n) is 9.92. The zero-order valence-electron chi connectivity index (χ0n) is 21.5. The molecule has 1 spiro atoms. The van der Waals surface area contributed by atoms with E-state index in [9.17, 15) is 4.79 Å². The Bertz CT molecular complexity index is 709. The van der Waals surface area contributed by atoms with Gasteiger partial charge in [0.25, 0.3) is 0 Å². The summed E-state index contributed by atoms with van der Waals surface area (Å²) >= 11 is 0. The van der Waals surface area contributed by atoms with Crippen molar-refractivity contribution in [3.8, 4) is 0 Å². The highest BCUT2D eigenvalue weighted by molar-refractivity contribution is 5.80. The molecule has 8 atom stereocenters. The lowest BCUT2D eigenvalue weighted by Gasteiger charge is -2.64. The topological polar surface area (TPSA) is 35.5 Å². The Hall–Kier alpha value is -0.410. The number of rotatable bonds is 5. The maximum atomic E-state index is 12.5. The number of hydrogen-bond donors (Lipinski definition) is 0. The minimum Gasteiger partial charge on any atom is -0.347 e. The smallest absolute Gasteiger partial charge is 0.172 e. The molecule has 3 heteroatoms. The Balaban J connectivity index is 1.40. The highest BCUT2D eigenvalue weighted by Gasteiger charge is 2.67. The van der Waals surface area contributed by atoms with Crippen molar-refractivity contribution in [2.75, 3.05) is 13.2 Å². The van der Waals surface area contributed by atoms with Gasteiger partial charge in [-0.15, -0.1) is 0 Å². The normalized spacial score (nSPS) is 46.2. The molecule has 5 fully saturated rings. The monoisotopic (exact) mass is 444 g/mol. The van der Waals surface area contributed by atoms with Crippen LogP contribution in [0.5, 0.6) is 0 Å². The third-order valence-electron chi connectivity index (χ3n) is 11.5. The van der Waals surface area contributed by atoms with Crippen LogP contribution in [-0.4, -0.2) is 24.8 Å². The lowest BCUT2D eigenvalue weighted by atomic mass is 9.43. The molecule has 1 aliphatic heterocycles. The first kappa shape index (κ1) is 23.3. The molecule has 0 bridgehead atoms. The third-order valence-corrected chi connectivity index (χ3v) is 11.5. The minimum atomic E-state index is -0.481. The van der Waals surface area contributed by atoms with E-state index in [2.05, 4.69) is 34.6 Å². The molecule has 5 aliphatic rings. The molecule has 4 aliphatic carbocycles. The fraction of sp³-hybridized carbons (Fsp3) is 0.966. The van der Waals surface area contributed by atoms with E-state index < -0.39 is 5.79 Å². The van der Waals surface area contributed by atoms with E-state index in [0.717, 1.165) is 48.9 Å². The van der Waals surface area contributed by atoms with Crippen molar-refractivity contribution >= 4 is 5.78 Å². The second-order valence-electron chi connectivity index (χ2n) is 13.4. The number of ether oxygens (including phenoxy) is 2. The lowest BCUT2D eigenvalue weighted by molar-refractivity contribution is -0.289. The number of fused-ring (bicyclic) bond motifs is 6. The van der Waals surface area contributed by atoms with Gasteiger partial charge in [-0.3, -0.25) is 4.79 Å². The van der Waals surface area contributed by atoms with E-state index in [4.69, 9.17) is 9.47 Å². The van der Waals surface area contributed by atoms with E-state index in [-0.39, 0.29) is 11.3 Å². The van der Waals surface area contributed by atoms with Crippen LogP contribution in [0.25, 0.3) is 0 Å². The summed E-state index contributed by atoms with van der Waals surface area (Å²) in [6.07, 6.45) is 13.3. The largest absolute Gasteiger partial charge is 0.347 e. The molecule has 0 unspecified atom stereocenters. The molecule has 0 aromatic rings. The van der Waals surface area contributed by atoms with Gasteiger partial charge in [-0.2, -0.15) is 0 Å². The van der Waals surface area contributed by atoms with Crippen LogP contribution in [0.4, 0.5) is 0 Å². The first-order chi connectivity index (χ1) is 15.2. The van der Waals surface area contributed by atoms with Crippen LogP contribution in [0.1, 0.15) is 105 Å². The van der Waals surface area contributed by atoms with Crippen molar-refractivity contribution < 1.29 is 14.3 Å². The van der Waals surface area contributed by atoms with Crippen molar-refractivity contribution in [1.29, 1.82) is 0 Å². The number of carbonyl (C=O) groups is 1. The van der Waals surface area contributed by atoms with E-state index >= 15 is 0 Å². The molecule has 5 rings (SSSR count). The molecular weight excluding hydrogens is 396 g/mol. The fourth-order valence-corrected chi connectivity index (χ4v) is 9.92. The highest BCUT2D eigenvalue weighted by Crippen LogP contribution is 2.70. The quantitative estimate of drug-likeness (QED) is 0.456. The summed E-state index contributed by atoms with van der Waals surface area (Å²) in [6.45, 7) is 13.9. The number of Topliss-reactive ketones (excluding diaryl/α,β-unsaturated/α-hetero) is 1. The highest BCUT2D eigenvalue weighted by atomic mass is 16.7. The maximum absolute atomic E-state index is 12.5. The predicted molar refractivity (Wildman–Crippen MR) is 128 cm³/mol. The Morgan fingerprint density at radius 2 is 1.66 bits per heavy atom. The standard InChI is InChI=1S/C29H48O3/c1-19(2)7-6-8-20(3)23-9-10-24-22-18-29(31-15-16-32-29)26-17-21(30)11-13-28(26,5)25(22)12-14-27(23,24)4/h19-20,22-26H,6-18H2,1-5H3/t20-,22-,23+,24-,25-,26+,27+,28-/m1/s1. The Labute approximate surface area is 196 Å². The van der Waals surface area contributed by atoms with Crippen LogP contribution in [-0.2, 0) is 14.3 Å². The molecular formula is C29H48O3. The second-order valence-corrected chi connectivity index (χ2v) is 13.4. The lowest BCUT2D eigenvalue weighted by Crippen LogP contribution is -2.63. The Kier molecular flexibility index (Phi) is 6.10. The van der Waals surface area contributed by atoms with E-state index in [1.165, 1.54) is 44.9 Å². The number of hydrogen-bond acceptors (Lipinski definition) is 3. The van der Waals surface area contributed by atoms with Gasteiger partial charge < -0.3 is 9.47 Å². The molecule has 0 radical (unpaired) electrons. The Morgan fingerprint density at radius 1 is 0.938 bits per heavy atom. The average Bonchev–Trinajstić information content (AvgIpc) is 3.34. The maximum Gasteiger partial charge on any atom is 0.172 e. The molecule has 0 amide bonds. The van der Waals surface area contributed by atoms with Gasteiger partial charge in [-0.1, -0.05) is 53.9 Å². The molecule has 0 aromatic carbocycles. The Morgan fingerprint density at radius 3 is 2.38 bits per heavy atom. The van der Waals surface area contributed by atoms with Gasteiger partial charge in [0.15, 0.2) is 5.79 Å². The van der Waals surface area contributed by atoms with Crippen molar-refractivity contribution in [2.24, 2.45) is 52.3 Å². The van der Waals surface area contributed by atoms with Gasteiger partial charge in [-0.05, 0) is 78.4 Å². The zero-order chi connectivity index (χ0) is 22.7. The summed E-state index contributed by atoms with van der Waals surface area (Å²) in [5.74, 6) is 5.00. The molecule has 1 heterocycles. The molecule has 0 N–H and O–H groups in total. The molecule has 3 nitrogen and oxygen atoms in total. The summed E-state index contributed by atoms with van der Waals surface area (Å²) in [7, 11) is 0. The van der Waals surface area contributed by atoms with Crippen molar-refractivity contribution in [3.05, 3.63) is 0 Å². The van der Waals surface area contributed by atoms with Crippen molar-refractivity contribution in [1.82, 2.24) is 0 Å². The number of carbonyl (C=O) groups excluding carboxylic acids is 1. The van der Waals surface area contributed by atoms with Crippen LogP contribution in [0.2, 0.25) is 0 Å². The zero-order valence-corrected chi connectivity index (χ0v) is 21.5. The summed E-state index contributed by atoms with van der Waals surface area (Å²) in [5.41, 5.74) is 0.676. The summed E-state index contributed by atoms with van der Waals surface area (Å²) in [4.78, 5) is 12.5. The molecule has 0 aromatic heterocycles. The molecule has 182 valence electrons. The van der Waals surface area contributed by atoms with Crippen LogP contribution < -0.4 is 0 Å². The van der Waals surface area contributed by atoms with Gasteiger partial charge in [0.05, 0.1) is 13.2 Å². The van der Waals surface area contributed by atoms with Crippen LogP contribution in [0.3, 0.4) is 0 Å². The SMILES string of the molecule is CC(C)CCC[C@@H](C)[C@@H]1CC[C@@H]2[C@H]3CC4(OCCO4)[C@H]4CC(=O)CC[C@]4(C)[C@@H]3CC[C@]21C. The minimum absolute atomic E-state index is 0.198. The number of ketones is 1. The predicted octanol–water partition coefficient (Wildman–Crippen LogP) is 7.03. The van der Waals surface area contributed by atoms with Crippen LogP contribution in [0, 0.1) is 52.3 Å². The summed E-state index contributed by atoms with van der Waals surface area (Å²) in [5, 5.41) is 0. The third kappa shape index (κ3) is 3.55. The molecule has 1 saturated heterocycles. The van der Waals surface area contributed by atoms with Gasteiger partial charge in [0, 0.05) is 25.2 Å². The van der Waals surface area contributed by atoms with Crippen molar-refractivity contribution in [2.45, 2.75) is 111 Å². The summed E-state index contributed by atoms with van der Waals surface area (Å²) in [6, 6.07) is 0. The van der Waals surface area contributed by atoms with Crippen LogP contribution in [0.15, 0.2) is 0 Å². The van der Waals surface area contributed by atoms with Gasteiger partial charge in [0.1, 0.15) is 5.78 Å². The first-order valence-corrected chi connectivity index (χ1v) is 14.0. The van der Waals surface area contributed by atoms with Crippen molar-refractivity contribution in [3.63, 3.8) is 0 Å². The van der Waals surface area contributed by atoms with Gasteiger partial charge in [0.2, 0.25) is 0 Å². The molecule has 32 heavy (non-hydrogen) atoms. The average molecular weight is 445 g/mol. The van der Waals surface area contributed by atoms with Crippen LogP contribution >= 0.6 is 0 Å². The summed E-state index contributed by atoms with van der Waals surface area (Å²) < 4.78 is 12.9. The van der Waals surface area contributed by atoms with Gasteiger partial charge in [-0.25, -0.2) is 0 Å². The van der Waals surface area contributed by atoms with E-state index in [1.54, 1.807) is 0 Å². The molecule has 4 saturated carbocycles. The van der Waals surface area contributed by atoms with E-state index in [1.807, 2.05) is 0 Å². The first-order valence-electron chi connectivity index (χ1n) is 14.0. The van der Waals surface area contributed by atoms with Gasteiger partial charge >= 0.3 is 0 Å². The van der Waals surface area contributed by atoms with E-state index in [0.29, 0.717) is 36.8 Å². The second kappa shape index (κ2) is 8.36.